The Morgan fingerprint density at radius 3 is 2.47 bits per heavy atom. The van der Waals surface area contributed by atoms with Crippen molar-refractivity contribution in [3.63, 3.8) is 0 Å². The van der Waals surface area contributed by atoms with Crippen LogP contribution < -0.4 is 0 Å². The summed E-state index contributed by atoms with van der Waals surface area (Å²) in [6.07, 6.45) is 2.01. The Morgan fingerprint density at radius 2 is 1.74 bits per heavy atom. The van der Waals surface area contributed by atoms with E-state index in [0.29, 0.717) is 31.9 Å². The standard InChI is InChI=1S/C27H34FN3O3/c28-23-6-2-1-5-22(23)20-7-9-21(10-8-20)27-24-17-30(11-3-4-12-31(24)25(27)19-32)26(33)18-29-13-15-34-16-14-29/h1-2,5-10,24-25,27,32H,3-4,11-19H2/t24-,25-,27-/m1/s1. The molecule has 2 aromatic rings. The highest BCUT2D eigenvalue weighted by Gasteiger charge is 2.49. The van der Waals surface area contributed by atoms with Gasteiger partial charge in [0, 0.05) is 49.7 Å². The van der Waals surface area contributed by atoms with Crippen LogP contribution in [0.2, 0.25) is 0 Å². The molecule has 6 nitrogen and oxygen atoms in total. The number of aliphatic hydroxyl groups is 1. The van der Waals surface area contributed by atoms with Crippen LogP contribution in [0.3, 0.4) is 0 Å². The minimum absolute atomic E-state index is 0.0543. The molecule has 3 aliphatic heterocycles. The van der Waals surface area contributed by atoms with Crippen LogP contribution in [0.25, 0.3) is 11.1 Å². The van der Waals surface area contributed by atoms with E-state index >= 15 is 0 Å². The van der Waals surface area contributed by atoms with Gasteiger partial charge in [0.2, 0.25) is 5.91 Å². The van der Waals surface area contributed by atoms with Crippen LogP contribution in [0.4, 0.5) is 4.39 Å². The second-order valence-electron chi connectivity index (χ2n) is 9.62. The van der Waals surface area contributed by atoms with Crippen molar-refractivity contribution in [2.24, 2.45) is 0 Å². The summed E-state index contributed by atoms with van der Waals surface area (Å²) in [6.45, 7) is 5.94. The Bertz CT molecular complexity index is 979. The molecule has 34 heavy (non-hydrogen) atoms. The Morgan fingerprint density at radius 1 is 1.00 bits per heavy atom. The summed E-state index contributed by atoms with van der Waals surface area (Å²) in [7, 11) is 0. The molecule has 0 spiro atoms. The fourth-order valence-electron chi connectivity index (χ4n) is 5.80. The van der Waals surface area contributed by atoms with Crippen LogP contribution in [-0.2, 0) is 9.53 Å². The number of halogens is 1. The van der Waals surface area contributed by atoms with E-state index in [2.05, 4.69) is 21.9 Å². The smallest absolute Gasteiger partial charge is 0.236 e. The van der Waals surface area contributed by atoms with Crippen molar-refractivity contribution in [2.75, 3.05) is 59.1 Å². The fourth-order valence-corrected chi connectivity index (χ4v) is 5.80. The highest BCUT2D eigenvalue weighted by molar-refractivity contribution is 5.78. The molecule has 0 radical (unpaired) electrons. The second-order valence-corrected chi connectivity index (χ2v) is 9.62. The molecule has 0 saturated carbocycles. The van der Waals surface area contributed by atoms with Crippen LogP contribution in [0.1, 0.15) is 24.3 Å². The molecule has 0 unspecified atom stereocenters. The maximum Gasteiger partial charge on any atom is 0.236 e. The third-order valence-electron chi connectivity index (χ3n) is 7.67. The Labute approximate surface area is 200 Å². The molecular weight excluding hydrogens is 433 g/mol. The molecule has 0 aromatic heterocycles. The van der Waals surface area contributed by atoms with Crippen molar-refractivity contribution in [1.82, 2.24) is 14.7 Å². The lowest BCUT2D eigenvalue weighted by Gasteiger charge is -2.57. The Balaban J connectivity index is 1.33. The van der Waals surface area contributed by atoms with Crippen molar-refractivity contribution in [1.29, 1.82) is 0 Å². The predicted octanol–water partition coefficient (Wildman–Crippen LogP) is 2.58. The van der Waals surface area contributed by atoms with Crippen LogP contribution in [0, 0.1) is 5.82 Å². The van der Waals surface area contributed by atoms with E-state index in [1.165, 1.54) is 6.07 Å². The summed E-state index contributed by atoms with van der Waals surface area (Å²) < 4.78 is 19.6. The number of fused-ring (bicyclic) bond motifs is 1. The summed E-state index contributed by atoms with van der Waals surface area (Å²) in [6, 6.07) is 15.1. The quantitative estimate of drug-likeness (QED) is 0.733. The van der Waals surface area contributed by atoms with E-state index in [0.717, 1.165) is 50.1 Å². The van der Waals surface area contributed by atoms with Gasteiger partial charge in [-0.1, -0.05) is 42.5 Å². The molecular formula is C27H34FN3O3. The lowest BCUT2D eigenvalue weighted by molar-refractivity contribution is -0.138. The number of ether oxygens (including phenoxy) is 1. The van der Waals surface area contributed by atoms with E-state index in [4.69, 9.17) is 4.74 Å². The third-order valence-corrected chi connectivity index (χ3v) is 7.67. The number of hydrogen-bond acceptors (Lipinski definition) is 5. The van der Waals surface area contributed by atoms with E-state index in [9.17, 15) is 14.3 Å². The van der Waals surface area contributed by atoms with Gasteiger partial charge in [0.05, 0.1) is 26.4 Å². The normalized spacial score (nSPS) is 26.3. The van der Waals surface area contributed by atoms with E-state index in [-0.39, 0.29) is 36.3 Å². The number of rotatable bonds is 5. The first-order valence-electron chi connectivity index (χ1n) is 12.4. The fraction of sp³-hybridized carbons (Fsp3) is 0.519. The summed E-state index contributed by atoms with van der Waals surface area (Å²) >= 11 is 0. The third kappa shape index (κ3) is 4.75. The zero-order valence-electron chi connectivity index (χ0n) is 19.6. The average Bonchev–Trinajstić information content (AvgIpc) is 2.84. The molecule has 5 rings (SSSR count). The highest BCUT2D eigenvalue weighted by Crippen LogP contribution is 2.42. The lowest BCUT2D eigenvalue weighted by Crippen LogP contribution is -2.68. The number of carbonyl (C=O) groups excluding carboxylic acids is 1. The maximum absolute atomic E-state index is 14.2. The van der Waals surface area contributed by atoms with Gasteiger partial charge in [0.25, 0.3) is 0 Å². The van der Waals surface area contributed by atoms with Crippen molar-refractivity contribution >= 4 is 5.91 Å². The number of aliphatic hydroxyl groups excluding tert-OH is 1. The molecule has 3 atom stereocenters. The van der Waals surface area contributed by atoms with Gasteiger partial charge >= 0.3 is 0 Å². The van der Waals surface area contributed by atoms with Gasteiger partial charge in [-0.2, -0.15) is 0 Å². The molecule has 1 amide bonds. The molecule has 1 N–H and O–H groups in total. The minimum atomic E-state index is -0.229. The summed E-state index contributed by atoms with van der Waals surface area (Å²) in [5.74, 6) is 0.106. The molecule has 2 aromatic carbocycles. The monoisotopic (exact) mass is 467 g/mol. The van der Waals surface area contributed by atoms with Gasteiger partial charge < -0.3 is 14.7 Å². The molecule has 0 bridgehead atoms. The van der Waals surface area contributed by atoms with E-state index < -0.39 is 0 Å². The van der Waals surface area contributed by atoms with Crippen LogP contribution in [0.5, 0.6) is 0 Å². The van der Waals surface area contributed by atoms with Crippen molar-refractivity contribution in [3.05, 3.63) is 59.9 Å². The predicted molar refractivity (Wildman–Crippen MR) is 129 cm³/mol. The number of morpholine rings is 1. The summed E-state index contributed by atoms with van der Waals surface area (Å²) in [5, 5.41) is 10.2. The van der Waals surface area contributed by atoms with Crippen molar-refractivity contribution in [3.8, 4) is 11.1 Å². The summed E-state index contributed by atoms with van der Waals surface area (Å²) in [5.41, 5.74) is 2.58. The number of hydrogen-bond donors (Lipinski definition) is 1. The van der Waals surface area contributed by atoms with Gasteiger partial charge in [-0.05, 0) is 36.6 Å². The van der Waals surface area contributed by atoms with Crippen molar-refractivity contribution < 1.29 is 19.0 Å². The molecule has 3 heterocycles. The van der Waals surface area contributed by atoms with Gasteiger partial charge in [-0.3, -0.25) is 14.6 Å². The first kappa shape index (κ1) is 23.4. The molecule has 3 fully saturated rings. The molecule has 7 heteroatoms. The zero-order valence-corrected chi connectivity index (χ0v) is 19.6. The number of nitrogens with zero attached hydrogens (tertiary/aromatic N) is 3. The van der Waals surface area contributed by atoms with E-state index in [1.807, 2.05) is 23.1 Å². The number of benzene rings is 2. The zero-order chi connectivity index (χ0) is 23.5. The highest BCUT2D eigenvalue weighted by atomic mass is 19.1. The van der Waals surface area contributed by atoms with Gasteiger partial charge in [0.15, 0.2) is 0 Å². The molecule has 0 aliphatic carbocycles. The second kappa shape index (κ2) is 10.5. The molecule has 3 aliphatic rings. The maximum atomic E-state index is 14.2. The molecule has 3 saturated heterocycles. The number of carbonyl (C=O) groups is 1. The lowest BCUT2D eigenvalue weighted by atomic mass is 9.74. The van der Waals surface area contributed by atoms with Crippen LogP contribution in [0.15, 0.2) is 48.5 Å². The Hall–Kier alpha value is -2.32. The van der Waals surface area contributed by atoms with Gasteiger partial charge in [0.1, 0.15) is 5.82 Å². The van der Waals surface area contributed by atoms with Gasteiger partial charge in [-0.25, -0.2) is 4.39 Å². The topological polar surface area (TPSA) is 56.2 Å². The van der Waals surface area contributed by atoms with Crippen LogP contribution in [-0.4, -0.2) is 96.9 Å². The minimum Gasteiger partial charge on any atom is -0.395 e. The van der Waals surface area contributed by atoms with Crippen LogP contribution >= 0.6 is 0 Å². The SMILES string of the molecule is O=C(CN1CCOCC1)N1CCCCN2[C@H](CO)[C@H](c3ccc(-c4ccccc4F)cc3)[C@H]2C1. The first-order valence-corrected chi connectivity index (χ1v) is 12.4. The average molecular weight is 468 g/mol. The van der Waals surface area contributed by atoms with Gasteiger partial charge in [-0.15, -0.1) is 0 Å². The first-order chi connectivity index (χ1) is 16.7. The van der Waals surface area contributed by atoms with E-state index in [1.54, 1.807) is 12.1 Å². The molecule has 182 valence electrons. The van der Waals surface area contributed by atoms with Crippen molar-refractivity contribution in [2.45, 2.75) is 30.8 Å². The largest absolute Gasteiger partial charge is 0.395 e. The number of amides is 1. The summed E-state index contributed by atoms with van der Waals surface area (Å²) in [4.78, 5) is 19.8. The Kier molecular flexibility index (Phi) is 7.25.